The molecule has 1 aromatic rings. The molecule has 1 unspecified atom stereocenters. The Morgan fingerprint density at radius 1 is 1.00 bits per heavy atom. The second-order valence-electron chi connectivity index (χ2n) is 6.17. The fourth-order valence-electron chi connectivity index (χ4n) is 2.82. The van der Waals surface area contributed by atoms with Crippen molar-refractivity contribution >= 4 is 11.3 Å². The minimum atomic E-state index is 0.439. The highest BCUT2D eigenvalue weighted by molar-refractivity contribution is 7.07. The van der Waals surface area contributed by atoms with Crippen molar-refractivity contribution in [2.45, 2.75) is 90.0 Å². The lowest BCUT2D eigenvalue weighted by Gasteiger charge is -2.14. The van der Waals surface area contributed by atoms with Gasteiger partial charge in [-0.3, -0.25) is 11.3 Å². The Hall–Kier alpha value is -0.380. The maximum Gasteiger partial charge on any atom is 0.0251 e. The quantitative estimate of drug-likeness (QED) is 0.273. The summed E-state index contributed by atoms with van der Waals surface area (Å²) in [4.78, 5) is 0. The average molecular weight is 311 g/mol. The van der Waals surface area contributed by atoms with Gasteiger partial charge in [-0.2, -0.15) is 11.3 Å². The van der Waals surface area contributed by atoms with E-state index in [-0.39, 0.29) is 0 Å². The fourth-order valence-corrected chi connectivity index (χ4v) is 3.50. The molecule has 0 aliphatic heterocycles. The van der Waals surface area contributed by atoms with Gasteiger partial charge in [0.2, 0.25) is 0 Å². The van der Waals surface area contributed by atoms with Gasteiger partial charge < -0.3 is 0 Å². The van der Waals surface area contributed by atoms with Crippen molar-refractivity contribution in [2.24, 2.45) is 5.84 Å². The zero-order chi connectivity index (χ0) is 15.2. The van der Waals surface area contributed by atoms with E-state index >= 15 is 0 Å². The Kier molecular flexibility index (Phi) is 11.8. The third kappa shape index (κ3) is 10.0. The molecule has 1 aromatic heterocycles. The van der Waals surface area contributed by atoms with Gasteiger partial charge in [0.05, 0.1) is 0 Å². The first-order valence-electron chi connectivity index (χ1n) is 8.84. The minimum absolute atomic E-state index is 0.439. The third-order valence-electron chi connectivity index (χ3n) is 4.20. The van der Waals surface area contributed by atoms with Crippen LogP contribution in [0.3, 0.4) is 0 Å². The van der Waals surface area contributed by atoms with Crippen LogP contribution >= 0.6 is 11.3 Å². The maximum absolute atomic E-state index is 5.66. The monoisotopic (exact) mass is 310 g/mol. The summed E-state index contributed by atoms with van der Waals surface area (Å²) in [6, 6.07) is 2.64. The molecule has 0 amide bonds. The van der Waals surface area contributed by atoms with Crippen molar-refractivity contribution in [1.82, 2.24) is 5.43 Å². The Bertz CT molecular complexity index is 311. The molecule has 0 aliphatic carbocycles. The molecule has 0 saturated heterocycles. The van der Waals surface area contributed by atoms with E-state index in [4.69, 9.17) is 5.84 Å². The molecule has 0 saturated carbocycles. The van der Waals surface area contributed by atoms with Gasteiger partial charge in [0.15, 0.2) is 0 Å². The van der Waals surface area contributed by atoms with Gasteiger partial charge >= 0.3 is 0 Å². The van der Waals surface area contributed by atoms with E-state index in [2.05, 4.69) is 29.2 Å². The number of hydrogen-bond acceptors (Lipinski definition) is 3. The summed E-state index contributed by atoms with van der Waals surface area (Å²) in [6.07, 6.45) is 16.2. The molecular weight excluding hydrogens is 276 g/mol. The van der Waals surface area contributed by atoms with Crippen LogP contribution in [0.2, 0.25) is 0 Å². The molecule has 3 heteroatoms. The van der Waals surface area contributed by atoms with Gasteiger partial charge in [0.25, 0.3) is 0 Å². The van der Waals surface area contributed by atoms with Gasteiger partial charge in [-0.15, -0.1) is 0 Å². The summed E-state index contributed by atoms with van der Waals surface area (Å²) in [5, 5.41) is 4.37. The summed E-state index contributed by atoms with van der Waals surface area (Å²) in [5.41, 5.74) is 4.39. The van der Waals surface area contributed by atoms with Crippen molar-refractivity contribution < 1.29 is 0 Å². The average Bonchev–Trinajstić information content (AvgIpc) is 3.01. The lowest BCUT2D eigenvalue weighted by Crippen LogP contribution is -2.36. The predicted octanol–water partition coefficient (Wildman–Crippen LogP) is 5.43. The number of rotatable bonds is 14. The highest BCUT2D eigenvalue weighted by Gasteiger charge is 2.07. The second-order valence-corrected chi connectivity index (χ2v) is 6.95. The molecule has 3 N–H and O–H groups in total. The third-order valence-corrected chi connectivity index (χ3v) is 4.94. The molecule has 0 aliphatic rings. The van der Waals surface area contributed by atoms with Crippen LogP contribution in [0.1, 0.15) is 83.1 Å². The van der Waals surface area contributed by atoms with Gasteiger partial charge in [-0.05, 0) is 35.2 Å². The van der Waals surface area contributed by atoms with Crippen LogP contribution in [-0.2, 0) is 6.42 Å². The van der Waals surface area contributed by atoms with E-state index in [1.165, 1.54) is 76.2 Å². The highest BCUT2D eigenvalue weighted by atomic mass is 32.1. The zero-order valence-corrected chi connectivity index (χ0v) is 14.6. The Morgan fingerprint density at radius 2 is 1.62 bits per heavy atom. The van der Waals surface area contributed by atoms with Crippen molar-refractivity contribution in [1.29, 1.82) is 0 Å². The first kappa shape index (κ1) is 18.7. The summed E-state index contributed by atoms with van der Waals surface area (Å²) >= 11 is 1.77. The molecular formula is C18H34N2S. The normalized spacial score (nSPS) is 12.7. The molecule has 1 atom stereocenters. The molecule has 0 spiro atoms. The number of hydrazine groups is 1. The minimum Gasteiger partial charge on any atom is -0.271 e. The van der Waals surface area contributed by atoms with E-state index in [1.807, 2.05) is 0 Å². The molecule has 2 nitrogen and oxygen atoms in total. The standard InChI is InChI=1S/C18H34N2S/c1-2-3-4-5-6-7-8-9-10-11-12-18(20-19)15-17-13-14-21-16-17/h13-14,16,18,20H,2-12,15,19H2,1H3. The SMILES string of the molecule is CCCCCCCCCCCCC(Cc1ccsc1)NN. The van der Waals surface area contributed by atoms with Gasteiger partial charge in [0, 0.05) is 6.04 Å². The van der Waals surface area contributed by atoms with E-state index in [0.717, 1.165) is 6.42 Å². The Labute approximate surface area is 135 Å². The summed E-state index contributed by atoms with van der Waals surface area (Å²) in [6.45, 7) is 2.28. The lowest BCUT2D eigenvalue weighted by molar-refractivity contribution is 0.458. The molecule has 0 fully saturated rings. The van der Waals surface area contributed by atoms with Gasteiger partial charge in [0.1, 0.15) is 0 Å². The lowest BCUT2D eigenvalue weighted by atomic mass is 10.0. The largest absolute Gasteiger partial charge is 0.271 e. The zero-order valence-electron chi connectivity index (χ0n) is 13.8. The van der Waals surface area contributed by atoms with Gasteiger partial charge in [-0.25, -0.2) is 0 Å². The van der Waals surface area contributed by atoms with E-state index in [0.29, 0.717) is 6.04 Å². The van der Waals surface area contributed by atoms with E-state index < -0.39 is 0 Å². The van der Waals surface area contributed by atoms with Crippen LogP contribution in [0.4, 0.5) is 0 Å². The van der Waals surface area contributed by atoms with Crippen LogP contribution in [0, 0.1) is 0 Å². The molecule has 0 radical (unpaired) electrons. The van der Waals surface area contributed by atoms with Crippen LogP contribution in [-0.4, -0.2) is 6.04 Å². The first-order valence-corrected chi connectivity index (χ1v) is 9.78. The van der Waals surface area contributed by atoms with Crippen LogP contribution in [0.15, 0.2) is 16.8 Å². The number of hydrogen-bond donors (Lipinski definition) is 2. The van der Waals surface area contributed by atoms with Crippen LogP contribution in [0.5, 0.6) is 0 Å². The number of nitrogens with two attached hydrogens (primary N) is 1. The van der Waals surface area contributed by atoms with Crippen molar-refractivity contribution in [3.63, 3.8) is 0 Å². The Balaban J connectivity index is 1.90. The van der Waals surface area contributed by atoms with E-state index in [1.54, 1.807) is 11.3 Å². The summed E-state index contributed by atoms with van der Waals surface area (Å²) < 4.78 is 0. The van der Waals surface area contributed by atoms with Crippen molar-refractivity contribution in [2.75, 3.05) is 0 Å². The van der Waals surface area contributed by atoms with Crippen molar-refractivity contribution in [3.8, 4) is 0 Å². The topological polar surface area (TPSA) is 38.0 Å². The van der Waals surface area contributed by atoms with Gasteiger partial charge in [-0.1, -0.05) is 71.1 Å². The van der Waals surface area contributed by atoms with E-state index in [9.17, 15) is 0 Å². The maximum atomic E-state index is 5.66. The second kappa shape index (κ2) is 13.3. The van der Waals surface area contributed by atoms with Crippen molar-refractivity contribution in [3.05, 3.63) is 22.4 Å². The highest BCUT2D eigenvalue weighted by Crippen LogP contribution is 2.14. The Morgan fingerprint density at radius 3 is 2.14 bits per heavy atom. The molecule has 122 valence electrons. The number of thiophene rings is 1. The molecule has 1 rings (SSSR count). The number of unbranched alkanes of at least 4 members (excludes halogenated alkanes) is 9. The van der Waals surface area contributed by atoms with Crippen LogP contribution in [0.25, 0.3) is 0 Å². The van der Waals surface area contributed by atoms with Crippen LogP contribution < -0.4 is 11.3 Å². The summed E-state index contributed by atoms with van der Waals surface area (Å²) in [5.74, 6) is 5.66. The molecule has 21 heavy (non-hydrogen) atoms. The fraction of sp³-hybridized carbons (Fsp3) is 0.778. The number of nitrogens with one attached hydrogen (secondary N) is 1. The predicted molar refractivity (Wildman–Crippen MR) is 95.6 cm³/mol. The molecule has 1 heterocycles. The first-order chi connectivity index (χ1) is 10.4. The molecule has 0 aromatic carbocycles. The smallest absolute Gasteiger partial charge is 0.0251 e. The molecule has 0 bridgehead atoms. The summed E-state index contributed by atoms with van der Waals surface area (Å²) in [7, 11) is 0.